The fraction of sp³-hybridized carbons (Fsp3) is 0.389. The molecular weight excluding hydrogens is 294 g/mol. The minimum atomic E-state index is -0.932. The highest BCUT2D eigenvalue weighted by Crippen LogP contribution is 2.30. The average Bonchev–Trinajstić information content (AvgIpc) is 2.58. The van der Waals surface area contributed by atoms with E-state index in [1.807, 2.05) is 24.3 Å². The van der Waals surface area contributed by atoms with Crippen LogP contribution in [-0.4, -0.2) is 30.1 Å². The molecule has 1 aromatic carbocycles. The summed E-state index contributed by atoms with van der Waals surface area (Å²) in [5, 5.41) is 0.773. The van der Waals surface area contributed by atoms with Gasteiger partial charge in [-0.1, -0.05) is 18.2 Å². The fourth-order valence-corrected chi connectivity index (χ4v) is 3.04. The molecule has 0 N–H and O–H groups in total. The van der Waals surface area contributed by atoms with E-state index in [0.29, 0.717) is 5.56 Å². The number of benzene rings is 1. The Hall–Kier alpha value is -2.43. The van der Waals surface area contributed by atoms with Gasteiger partial charge in [0.15, 0.2) is 6.10 Å². The molecule has 0 saturated carbocycles. The average molecular weight is 313 g/mol. The van der Waals surface area contributed by atoms with Crippen molar-refractivity contribution in [3.8, 4) is 0 Å². The highest BCUT2D eigenvalue weighted by Gasteiger charge is 2.26. The third kappa shape index (κ3) is 2.91. The second kappa shape index (κ2) is 6.36. The third-order valence-electron chi connectivity index (χ3n) is 4.19. The Balaban J connectivity index is 2.07. The second-order valence-corrected chi connectivity index (χ2v) is 5.71. The SMILES string of the molecule is COC(=O)[C@H](C)OC(=O)c1c2c(nc3ccccc13)CCCC2. The van der Waals surface area contributed by atoms with Gasteiger partial charge in [0.05, 0.1) is 18.2 Å². The van der Waals surface area contributed by atoms with E-state index in [2.05, 4.69) is 9.72 Å². The summed E-state index contributed by atoms with van der Waals surface area (Å²) in [5.74, 6) is -1.05. The van der Waals surface area contributed by atoms with Gasteiger partial charge in [-0.05, 0) is 44.2 Å². The monoisotopic (exact) mass is 313 g/mol. The number of aromatic nitrogens is 1. The number of hydrogen-bond donors (Lipinski definition) is 0. The lowest BCUT2D eigenvalue weighted by Gasteiger charge is -2.20. The number of esters is 2. The van der Waals surface area contributed by atoms with Crippen LogP contribution in [0.4, 0.5) is 0 Å². The van der Waals surface area contributed by atoms with Gasteiger partial charge in [0.1, 0.15) is 0 Å². The van der Waals surface area contributed by atoms with Gasteiger partial charge in [-0.25, -0.2) is 9.59 Å². The molecule has 1 aliphatic rings. The van der Waals surface area contributed by atoms with Crippen LogP contribution in [0.2, 0.25) is 0 Å². The highest BCUT2D eigenvalue weighted by molar-refractivity contribution is 6.05. The minimum Gasteiger partial charge on any atom is -0.466 e. The highest BCUT2D eigenvalue weighted by atomic mass is 16.6. The predicted molar refractivity (Wildman–Crippen MR) is 85.3 cm³/mol. The maximum Gasteiger partial charge on any atom is 0.346 e. The quantitative estimate of drug-likeness (QED) is 0.815. The maximum atomic E-state index is 12.7. The topological polar surface area (TPSA) is 65.5 Å². The number of methoxy groups -OCH3 is 1. The molecule has 1 aliphatic carbocycles. The van der Waals surface area contributed by atoms with Crippen molar-refractivity contribution < 1.29 is 19.1 Å². The zero-order chi connectivity index (χ0) is 16.4. The second-order valence-electron chi connectivity index (χ2n) is 5.71. The molecule has 3 rings (SSSR count). The van der Waals surface area contributed by atoms with E-state index in [1.165, 1.54) is 14.0 Å². The molecule has 1 heterocycles. The molecule has 0 bridgehead atoms. The third-order valence-corrected chi connectivity index (χ3v) is 4.19. The van der Waals surface area contributed by atoms with E-state index in [0.717, 1.165) is 47.8 Å². The van der Waals surface area contributed by atoms with Crippen LogP contribution in [0.3, 0.4) is 0 Å². The molecule has 0 spiro atoms. The van der Waals surface area contributed by atoms with Gasteiger partial charge >= 0.3 is 11.9 Å². The maximum absolute atomic E-state index is 12.7. The van der Waals surface area contributed by atoms with Crippen molar-refractivity contribution in [3.05, 3.63) is 41.1 Å². The lowest BCUT2D eigenvalue weighted by atomic mass is 9.90. The van der Waals surface area contributed by atoms with Gasteiger partial charge in [0.2, 0.25) is 0 Å². The summed E-state index contributed by atoms with van der Waals surface area (Å²) in [7, 11) is 1.27. The number of carbonyl (C=O) groups excluding carboxylic acids is 2. The van der Waals surface area contributed by atoms with Crippen LogP contribution in [0, 0.1) is 0 Å². The van der Waals surface area contributed by atoms with Crippen LogP contribution < -0.4 is 0 Å². The van der Waals surface area contributed by atoms with Crippen LogP contribution in [0.1, 0.15) is 41.4 Å². The molecule has 23 heavy (non-hydrogen) atoms. The van der Waals surface area contributed by atoms with E-state index in [4.69, 9.17) is 4.74 Å². The van der Waals surface area contributed by atoms with E-state index in [1.54, 1.807) is 0 Å². The van der Waals surface area contributed by atoms with Crippen molar-refractivity contribution in [1.82, 2.24) is 4.98 Å². The first-order chi connectivity index (χ1) is 11.1. The number of pyridine rings is 1. The lowest BCUT2D eigenvalue weighted by Crippen LogP contribution is -2.26. The van der Waals surface area contributed by atoms with Crippen molar-refractivity contribution in [2.45, 2.75) is 38.7 Å². The van der Waals surface area contributed by atoms with Crippen molar-refractivity contribution in [1.29, 1.82) is 0 Å². The Bertz CT molecular complexity index is 769. The molecule has 0 radical (unpaired) electrons. The summed E-state index contributed by atoms with van der Waals surface area (Å²) in [5.41, 5.74) is 3.25. The molecule has 0 fully saturated rings. The van der Waals surface area contributed by atoms with Gasteiger partial charge in [0, 0.05) is 11.1 Å². The van der Waals surface area contributed by atoms with Gasteiger partial charge in [0.25, 0.3) is 0 Å². The Morgan fingerprint density at radius 2 is 1.91 bits per heavy atom. The van der Waals surface area contributed by atoms with Crippen LogP contribution in [-0.2, 0) is 27.1 Å². The van der Waals surface area contributed by atoms with Gasteiger partial charge in [-0.2, -0.15) is 0 Å². The standard InChI is InChI=1S/C18H19NO4/c1-11(17(20)22-2)23-18(21)16-12-7-3-5-9-14(12)19-15-10-6-4-8-13(15)16/h3,5,7,9,11H,4,6,8,10H2,1-2H3/t11-/m0/s1. The van der Waals surface area contributed by atoms with Crippen LogP contribution in [0.5, 0.6) is 0 Å². The Kier molecular flexibility index (Phi) is 4.28. The van der Waals surface area contributed by atoms with E-state index in [-0.39, 0.29) is 0 Å². The molecule has 0 saturated heterocycles. The number of para-hydroxylation sites is 1. The summed E-state index contributed by atoms with van der Waals surface area (Å²) < 4.78 is 9.94. The molecule has 5 heteroatoms. The first kappa shape index (κ1) is 15.5. The van der Waals surface area contributed by atoms with E-state index in [9.17, 15) is 9.59 Å². The number of carbonyl (C=O) groups is 2. The molecule has 1 atom stereocenters. The van der Waals surface area contributed by atoms with Crippen LogP contribution in [0.15, 0.2) is 24.3 Å². The largest absolute Gasteiger partial charge is 0.466 e. The summed E-state index contributed by atoms with van der Waals surface area (Å²) >= 11 is 0. The van der Waals surface area contributed by atoms with E-state index < -0.39 is 18.0 Å². The van der Waals surface area contributed by atoms with Crippen molar-refractivity contribution in [3.63, 3.8) is 0 Å². The molecule has 0 aliphatic heterocycles. The van der Waals surface area contributed by atoms with Crippen molar-refractivity contribution in [2.24, 2.45) is 0 Å². The molecule has 0 amide bonds. The molecule has 2 aromatic rings. The molecule has 5 nitrogen and oxygen atoms in total. The van der Waals surface area contributed by atoms with Crippen molar-refractivity contribution in [2.75, 3.05) is 7.11 Å². The molecular formula is C18H19NO4. The summed E-state index contributed by atoms with van der Waals surface area (Å²) in [4.78, 5) is 28.9. The number of nitrogens with zero attached hydrogens (tertiary/aromatic N) is 1. The first-order valence-electron chi connectivity index (χ1n) is 7.81. The summed E-state index contributed by atoms with van der Waals surface area (Å²) in [6.07, 6.45) is 2.85. The summed E-state index contributed by atoms with van der Waals surface area (Å²) in [6, 6.07) is 7.54. The Morgan fingerprint density at radius 3 is 2.70 bits per heavy atom. The first-order valence-corrected chi connectivity index (χ1v) is 7.81. The normalized spacial score (nSPS) is 14.9. The Labute approximate surface area is 134 Å². The zero-order valence-electron chi connectivity index (χ0n) is 13.3. The van der Waals surface area contributed by atoms with Crippen LogP contribution >= 0.6 is 0 Å². The number of hydrogen-bond acceptors (Lipinski definition) is 5. The fourth-order valence-electron chi connectivity index (χ4n) is 3.04. The predicted octanol–water partition coefficient (Wildman–Crippen LogP) is 2.83. The van der Waals surface area contributed by atoms with Crippen molar-refractivity contribution >= 4 is 22.8 Å². The van der Waals surface area contributed by atoms with Gasteiger partial charge < -0.3 is 9.47 Å². The Morgan fingerprint density at radius 1 is 1.17 bits per heavy atom. The molecule has 120 valence electrons. The lowest BCUT2D eigenvalue weighted by molar-refractivity contribution is -0.149. The minimum absolute atomic E-state index is 0.486. The van der Waals surface area contributed by atoms with Gasteiger partial charge in [-0.15, -0.1) is 0 Å². The smallest absolute Gasteiger partial charge is 0.346 e. The number of aryl methyl sites for hydroxylation is 1. The number of rotatable bonds is 3. The number of fused-ring (bicyclic) bond motifs is 2. The van der Waals surface area contributed by atoms with Crippen LogP contribution in [0.25, 0.3) is 10.9 Å². The zero-order valence-corrected chi connectivity index (χ0v) is 13.3. The molecule has 1 aromatic heterocycles. The summed E-state index contributed by atoms with van der Waals surface area (Å²) in [6.45, 7) is 1.51. The van der Waals surface area contributed by atoms with Gasteiger partial charge in [-0.3, -0.25) is 4.98 Å². The van der Waals surface area contributed by atoms with E-state index >= 15 is 0 Å². The molecule has 0 unspecified atom stereocenters. The number of ether oxygens (including phenoxy) is 2.